The second kappa shape index (κ2) is 14.1. The molecule has 4 N–H and O–H groups in total. The summed E-state index contributed by atoms with van der Waals surface area (Å²) in [6, 6.07) is -1.41. The third-order valence-corrected chi connectivity index (χ3v) is 6.52. The molecular formula is C27H49N4O9+. The number of aliphatic hydroxyl groups is 1. The van der Waals surface area contributed by atoms with Gasteiger partial charge in [-0.25, -0.2) is 4.79 Å². The second-order valence-electron chi connectivity index (χ2n) is 12.2. The van der Waals surface area contributed by atoms with E-state index in [-0.39, 0.29) is 12.3 Å². The summed E-state index contributed by atoms with van der Waals surface area (Å²) in [6.07, 6.45) is -0.492. The summed E-state index contributed by atoms with van der Waals surface area (Å²) in [5.41, 5.74) is -0.270. The van der Waals surface area contributed by atoms with E-state index in [4.69, 9.17) is 18.9 Å². The van der Waals surface area contributed by atoms with Gasteiger partial charge < -0.3 is 29.4 Å². The molecule has 0 radical (unpaired) electrons. The number of hydrogen-bond donors (Lipinski definition) is 4. The molecule has 1 saturated carbocycles. The normalized spacial score (nSPS) is 23.6. The van der Waals surface area contributed by atoms with Crippen molar-refractivity contribution in [3.8, 4) is 0 Å². The quantitative estimate of drug-likeness (QED) is 0.104. The Balaban J connectivity index is 3.57. The molecule has 1 aliphatic carbocycles. The number of aliphatic hydroxyl groups excluding tert-OH is 1. The van der Waals surface area contributed by atoms with Gasteiger partial charge in [-0.05, 0) is 54.9 Å². The number of esters is 1. The number of carbonyl (C=O) groups is 4. The van der Waals surface area contributed by atoms with Crippen molar-refractivity contribution in [1.82, 2.24) is 15.8 Å². The second-order valence-corrected chi connectivity index (χ2v) is 12.2. The third-order valence-electron chi connectivity index (χ3n) is 6.52. The largest absolute Gasteiger partial charge is 0.531 e. The number of ether oxygens (including phenoxy) is 4. The number of methoxy groups -OCH3 is 2. The van der Waals surface area contributed by atoms with E-state index < -0.39 is 65.0 Å². The standard InChI is InChI=1S/C27H48N4O9/c1-12-13-27(9,38-11)21(29-16(2)32)19-18(14-17(20(19)33)22(34)37-10)28-15-31(24(36)40-26(6,7)8)30-23(35)39-25(3,4)5/h15,17-21,33H,12-14H2,1-11H3,(H,29,32)(H,30,35)/p+1/t17-,18+,19-,20+,21+,27-/m0/s1. The fraction of sp³-hybridized carbons (Fsp3) is 0.815. The van der Waals surface area contributed by atoms with Crippen LogP contribution in [0.5, 0.6) is 0 Å². The highest BCUT2D eigenvalue weighted by atomic mass is 16.6. The first-order valence-corrected chi connectivity index (χ1v) is 13.5. The van der Waals surface area contributed by atoms with Crippen LogP contribution >= 0.6 is 0 Å². The molecule has 0 aromatic heterocycles. The van der Waals surface area contributed by atoms with E-state index in [9.17, 15) is 24.3 Å². The van der Waals surface area contributed by atoms with Crippen molar-refractivity contribution in [2.24, 2.45) is 11.8 Å². The number of carbonyl (C=O) groups excluding carboxylic acids is 4. The highest BCUT2D eigenvalue weighted by molar-refractivity contribution is 5.84. The minimum absolute atomic E-state index is 0.103. The van der Waals surface area contributed by atoms with E-state index in [0.717, 1.165) is 11.4 Å². The van der Waals surface area contributed by atoms with Crippen molar-refractivity contribution in [1.29, 1.82) is 0 Å². The fourth-order valence-electron chi connectivity index (χ4n) is 4.84. The number of rotatable bonds is 9. The Labute approximate surface area is 237 Å². The number of hydrogen-bond acceptors (Lipinski definition) is 9. The first-order chi connectivity index (χ1) is 18.3. The molecule has 13 nitrogen and oxygen atoms in total. The molecule has 1 fully saturated rings. The average Bonchev–Trinajstić information content (AvgIpc) is 3.12. The van der Waals surface area contributed by atoms with Crippen LogP contribution in [0.25, 0.3) is 0 Å². The first kappa shape index (κ1) is 35.1. The fourth-order valence-corrected chi connectivity index (χ4v) is 4.84. The molecule has 0 aliphatic heterocycles. The van der Waals surface area contributed by atoms with Crippen LogP contribution in [0.2, 0.25) is 0 Å². The molecule has 40 heavy (non-hydrogen) atoms. The summed E-state index contributed by atoms with van der Waals surface area (Å²) in [7, 11) is 2.75. The minimum Gasteiger partial charge on any atom is -0.469 e. The zero-order chi connectivity index (χ0) is 31.1. The molecule has 0 saturated heterocycles. The van der Waals surface area contributed by atoms with Gasteiger partial charge in [-0.15, -0.1) is 5.43 Å². The van der Waals surface area contributed by atoms with Gasteiger partial charge in [0.15, 0.2) is 0 Å². The zero-order valence-electron chi connectivity index (χ0n) is 25.7. The molecule has 13 heteroatoms. The summed E-state index contributed by atoms with van der Waals surface area (Å²) in [5, 5.41) is 15.1. The predicted octanol–water partition coefficient (Wildman–Crippen LogP) is 1.02. The summed E-state index contributed by atoms with van der Waals surface area (Å²) in [5.74, 6) is -2.65. The Bertz CT molecular complexity index is 928. The summed E-state index contributed by atoms with van der Waals surface area (Å²) >= 11 is 0. The van der Waals surface area contributed by atoms with Crippen molar-refractivity contribution in [2.75, 3.05) is 14.2 Å². The van der Waals surface area contributed by atoms with Gasteiger partial charge in [-0.1, -0.05) is 18.4 Å². The maximum atomic E-state index is 13.0. The van der Waals surface area contributed by atoms with Crippen molar-refractivity contribution in [2.45, 2.75) is 117 Å². The van der Waals surface area contributed by atoms with E-state index in [2.05, 4.69) is 15.7 Å². The van der Waals surface area contributed by atoms with E-state index in [0.29, 0.717) is 6.42 Å². The Hall–Kier alpha value is -2.93. The Morgan fingerprint density at radius 3 is 2.08 bits per heavy atom. The van der Waals surface area contributed by atoms with Gasteiger partial charge in [0.1, 0.15) is 17.2 Å². The monoisotopic (exact) mass is 573 g/mol. The van der Waals surface area contributed by atoms with E-state index in [1.165, 1.54) is 27.5 Å². The Kier molecular flexibility index (Phi) is 12.4. The highest BCUT2D eigenvalue weighted by Crippen LogP contribution is 2.38. The molecule has 0 aromatic carbocycles. The molecule has 0 unspecified atom stereocenters. The van der Waals surface area contributed by atoms with Crippen LogP contribution in [-0.2, 0) is 28.5 Å². The molecule has 1 aliphatic rings. The maximum absolute atomic E-state index is 13.0. The topological polar surface area (TPSA) is 167 Å². The lowest BCUT2D eigenvalue weighted by Gasteiger charge is -2.42. The number of amides is 3. The van der Waals surface area contributed by atoms with E-state index >= 15 is 0 Å². The highest BCUT2D eigenvalue weighted by Gasteiger charge is 2.55. The Morgan fingerprint density at radius 1 is 1.05 bits per heavy atom. The van der Waals surface area contributed by atoms with Crippen LogP contribution in [0.3, 0.4) is 0 Å². The zero-order valence-corrected chi connectivity index (χ0v) is 25.7. The number of hydrazine groups is 1. The molecule has 0 spiro atoms. The van der Waals surface area contributed by atoms with Gasteiger partial charge in [-0.3, -0.25) is 14.6 Å². The molecule has 0 aromatic rings. The van der Waals surface area contributed by atoms with Gasteiger partial charge in [0.25, 0.3) is 6.34 Å². The minimum atomic E-state index is -1.23. The summed E-state index contributed by atoms with van der Waals surface area (Å²) < 4.78 is 21.5. The summed E-state index contributed by atoms with van der Waals surface area (Å²) in [4.78, 5) is 53.4. The summed E-state index contributed by atoms with van der Waals surface area (Å²) in [6.45, 7) is 15.2. The lowest BCUT2D eigenvalue weighted by molar-refractivity contribution is -0.513. The third kappa shape index (κ3) is 10.2. The molecule has 0 heterocycles. The molecule has 0 bridgehead atoms. The van der Waals surface area contributed by atoms with Crippen LogP contribution < -0.4 is 15.7 Å². The molecule has 3 amide bonds. The molecule has 230 valence electrons. The van der Waals surface area contributed by atoms with Gasteiger partial charge in [0, 0.05) is 26.4 Å². The molecular weight excluding hydrogens is 524 g/mol. The van der Waals surface area contributed by atoms with Crippen molar-refractivity contribution < 1.29 is 48.2 Å². The Morgan fingerprint density at radius 2 is 1.62 bits per heavy atom. The van der Waals surface area contributed by atoms with Crippen LogP contribution in [0, 0.1) is 11.8 Å². The van der Waals surface area contributed by atoms with Crippen LogP contribution in [0.1, 0.15) is 81.6 Å². The SMILES string of the molecule is CCC[C@](C)(OC)[C@H](NC(C)=O)[C@@H]1[C@H](O)[C@@H](C(=O)OC)C[C@H]1[NH+]=CN(NC(=O)OC(C)(C)C)C(=O)OC(C)(C)C. The van der Waals surface area contributed by atoms with Gasteiger partial charge in [0.2, 0.25) is 5.91 Å². The lowest BCUT2D eigenvalue weighted by atomic mass is 9.78. The first-order valence-electron chi connectivity index (χ1n) is 13.5. The van der Waals surface area contributed by atoms with Gasteiger partial charge in [0.05, 0.1) is 30.8 Å². The molecule has 6 atom stereocenters. The predicted molar refractivity (Wildman–Crippen MR) is 146 cm³/mol. The van der Waals surface area contributed by atoms with Crippen molar-refractivity contribution in [3.05, 3.63) is 0 Å². The van der Waals surface area contributed by atoms with E-state index in [1.807, 2.05) is 13.8 Å². The lowest BCUT2D eigenvalue weighted by Crippen LogP contribution is -2.83. The van der Waals surface area contributed by atoms with Gasteiger partial charge >= 0.3 is 18.2 Å². The average molecular weight is 574 g/mol. The molecule has 1 rings (SSSR count). The van der Waals surface area contributed by atoms with Crippen molar-refractivity contribution >= 4 is 30.4 Å². The smallest absolute Gasteiger partial charge is 0.469 e. The van der Waals surface area contributed by atoms with Crippen LogP contribution in [-0.4, -0.2) is 89.7 Å². The van der Waals surface area contributed by atoms with Crippen LogP contribution in [0.4, 0.5) is 9.59 Å². The maximum Gasteiger partial charge on any atom is 0.531 e. The van der Waals surface area contributed by atoms with Crippen molar-refractivity contribution in [3.63, 3.8) is 0 Å². The number of nitrogens with zero attached hydrogens (tertiary/aromatic N) is 1. The van der Waals surface area contributed by atoms with Gasteiger partial charge in [-0.2, -0.15) is 4.79 Å². The number of nitrogens with one attached hydrogen (secondary N) is 3. The van der Waals surface area contributed by atoms with E-state index in [1.54, 1.807) is 41.5 Å². The van der Waals surface area contributed by atoms with Crippen LogP contribution in [0.15, 0.2) is 0 Å².